The number of benzene rings is 3. The van der Waals surface area contributed by atoms with Gasteiger partial charge < -0.3 is 41.9 Å². The Morgan fingerprint density at radius 3 is 1.71 bits per heavy atom. The zero-order valence-electron chi connectivity index (χ0n) is 26.5. The maximum atomic E-state index is 13.7. The van der Waals surface area contributed by atoms with Crippen molar-refractivity contribution in [2.24, 2.45) is 5.73 Å². The molecule has 3 aromatic carbocycles. The van der Waals surface area contributed by atoms with Crippen LogP contribution in [0.2, 0.25) is 0 Å². The minimum atomic E-state index is -1.34. The lowest BCUT2D eigenvalue weighted by Crippen LogP contribution is -2.58. The Balaban J connectivity index is 1.32. The summed E-state index contributed by atoms with van der Waals surface area (Å²) in [4.78, 5) is 70.6. The average molecular weight is 667 g/mol. The molecule has 254 valence electrons. The fraction of sp³-hybridized carbons (Fsp3) is 0.250. The molecule has 13 nitrogen and oxygen atoms in total. The Kier molecular flexibility index (Phi) is 11.1. The summed E-state index contributed by atoms with van der Waals surface area (Å²) in [5.74, 6) is -4.70. The molecule has 0 bridgehead atoms. The first kappa shape index (κ1) is 34.4. The van der Waals surface area contributed by atoms with E-state index in [0.29, 0.717) is 11.1 Å². The van der Waals surface area contributed by atoms with Crippen molar-refractivity contribution in [1.82, 2.24) is 25.9 Å². The first-order valence-electron chi connectivity index (χ1n) is 15.8. The van der Waals surface area contributed by atoms with Crippen LogP contribution in [0.5, 0.6) is 0 Å². The predicted octanol–water partition coefficient (Wildman–Crippen LogP) is 2.41. The van der Waals surface area contributed by atoms with E-state index in [1.54, 1.807) is 42.7 Å². The standard InChI is InChI=1S/C36H38N6O7/c37-26(17-22-19-38-27-12-6-4-10-24(22)27)33(45)40-29(14-15-32(43)44)34(46)41-30(16-21-8-2-1-3-9-21)35(47)42-31(36(48)49)18-23-20-39-28-13-7-5-11-25(23)28/h1-13,19-20,26,29-31,38-39H,14-18,37H2,(H,40,45)(H,41,46)(H,42,47)(H,43,44)(H,48,49). The fourth-order valence-corrected chi connectivity index (χ4v) is 5.77. The van der Waals surface area contributed by atoms with Gasteiger partial charge in [0.15, 0.2) is 0 Å². The van der Waals surface area contributed by atoms with Gasteiger partial charge in [-0.2, -0.15) is 0 Å². The zero-order valence-corrected chi connectivity index (χ0v) is 26.5. The number of amides is 3. The minimum Gasteiger partial charge on any atom is -0.481 e. The van der Waals surface area contributed by atoms with E-state index in [1.165, 1.54) is 0 Å². The molecule has 5 aromatic rings. The fourth-order valence-electron chi connectivity index (χ4n) is 5.77. The van der Waals surface area contributed by atoms with Gasteiger partial charge >= 0.3 is 11.9 Å². The van der Waals surface area contributed by atoms with E-state index < -0.39 is 60.2 Å². The van der Waals surface area contributed by atoms with Gasteiger partial charge in [0.05, 0.1) is 6.04 Å². The monoisotopic (exact) mass is 666 g/mol. The Morgan fingerprint density at radius 1 is 0.612 bits per heavy atom. The molecule has 4 atom stereocenters. The quantitative estimate of drug-likeness (QED) is 0.0780. The summed E-state index contributed by atoms with van der Waals surface area (Å²) >= 11 is 0. The molecule has 0 fully saturated rings. The highest BCUT2D eigenvalue weighted by molar-refractivity contribution is 5.95. The van der Waals surface area contributed by atoms with E-state index in [2.05, 4.69) is 25.9 Å². The average Bonchev–Trinajstić information content (AvgIpc) is 3.70. The molecule has 5 rings (SSSR count). The van der Waals surface area contributed by atoms with Gasteiger partial charge in [0.2, 0.25) is 17.7 Å². The van der Waals surface area contributed by atoms with Crippen LogP contribution in [0.25, 0.3) is 21.8 Å². The van der Waals surface area contributed by atoms with Gasteiger partial charge in [-0.1, -0.05) is 66.7 Å². The van der Waals surface area contributed by atoms with Crippen molar-refractivity contribution < 1.29 is 34.2 Å². The summed E-state index contributed by atoms with van der Waals surface area (Å²) in [5.41, 5.74) is 10.1. The number of hydrogen-bond donors (Lipinski definition) is 8. The van der Waals surface area contributed by atoms with Gasteiger partial charge in [-0.05, 0) is 41.7 Å². The molecule has 13 heteroatoms. The highest BCUT2D eigenvalue weighted by Gasteiger charge is 2.31. The molecule has 0 radical (unpaired) electrons. The van der Waals surface area contributed by atoms with E-state index in [1.807, 2.05) is 48.5 Å². The maximum Gasteiger partial charge on any atom is 0.326 e. The van der Waals surface area contributed by atoms with Crippen molar-refractivity contribution in [3.05, 3.63) is 108 Å². The Bertz CT molecular complexity index is 1950. The summed E-state index contributed by atoms with van der Waals surface area (Å²) in [5, 5.41) is 28.9. The second kappa shape index (κ2) is 15.8. The van der Waals surface area contributed by atoms with Crippen molar-refractivity contribution in [1.29, 1.82) is 0 Å². The summed E-state index contributed by atoms with van der Waals surface area (Å²) in [6, 6.07) is 18.7. The third-order valence-electron chi connectivity index (χ3n) is 8.36. The lowest BCUT2D eigenvalue weighted by atomic mass is 10.0. The van der Waals surface area contributed by atoms with Gasteiger partial charge in [-0.3, -0.25) is 19.2 Å². The number of hydrogen-bond acceptors (Lipinski definition) is 6. The molecule has 9 N–H and O–H groups in total. The number of nitrogens with two attached hydrogens (primary N) is 1. The van der Waals surface area contributed by atoms with Gasteiger partial charge in [0.25, 0.3) is 0 Å². The molecule has 2 heterocycles. The summed E-state index contributed by atoms with van der Waals surface area (Å²) in [6.07, 6.45) is 2.84. The third-order valence-corrected chi connectivity index (χ3v) is 8.36. The number of carbonyl (C=O) groups excluding carboxylic acids is 3. The molecule has 0 spiro atoms. The number of para-hydroxylation sites is 2. The van der Waals surface area contributed by atoms with Crippen LogP contribution >= 0.6 is 0 Å². The van der Waals surface area contributed by atoms with E-state index in [0.717, 1.165) is 27.4 Å². The molecule has 0 aliphatic rings. The topological polar surface area (TPSA) is 219 Å². The van der Waals surface area contributed by atoms with Crippen LogP contribution in [0.3, 0.4) is 0 Å². The van der Waals surface area contributed by atoms with Crippen LogP contribution in [0.4, 0.5) is 0 Å². The van der Waals surface area contributed by atoms with Gasteiger partial charge in [0, 0.05) is 53.5 Å². The third kappa shape index (κ3) is 8.90. The van der Waals surface area contributed by atoms with E-state index in [-0.39, 0.29) is 25.7 Å². The Hall–Kier alpha value is -5.95. The second-order valence-corrected chi connectivity index (χ2v) is 11.9. The number of carboxylic acid groups (broad SMARTS) is 2. The van der Waals surface area contributed by atoms with Crippen molar-refractivity contribution >= 4 is 51.5 Å². The Labute approximate surface area is 281 Å². The van der Waals surface area contributed by atoms with Crippen LogP contribution in [0, 0.1) is 0 Å². The summed E-state index contributed by atoms with van der Waals surface area (Å²) < 4.78 is 0. The van der Waals surface area contributed by atoms with Crippen molar-refractivity contribution in [2.45, 2.75) is 56.3 Å². The van der Waals surface area contributed by atoms with E-state index >= 15 is 0 Å². The number of H-pyrrole nitrogens is 2. The largest absolute Gasteiger partial charge is 0.481 e. The van der Waals surface area contributed by atoms with Crippen molar-refractivity contribution in [2.75, 3.05) is 0 Å². The van der Waals surface area contributed by atoms with Gasteiger partial charge in [-0.15, -0.1) is 0 Å². The number of aromatic amines is 2. The molecular weight excluding hydrogens is 628 g/mol. The highest BCUT2D eigenvalue weighted by Crippen LogP contribution is 2.20. The molecule has 0 aliphatic carbocycles. The number of rotatable bonds is 16. The maximum absolute atomic E-state index is 13.7. The van der Waals surface area contributed by atoms with Crippen molar-refractivity contribution in [3.8, 4) is 0 Å². The van der Waals surface area contributed by atoms with Crippen LogP contribution in [0.15, 0.2) is 91.3 Å². The lowest BCUT2D eigenvalue weighted by molar-refractivity contribution is -0.142. The van der Waals surface area contributed by atoms with Crippen LogP contribution in [-0.2, 0) is 43.2 Å². The molecule has 0 saturated carbocycles. The minimum absolute atomic E-state index is 0.00247. The SMILES string of the molecule is NC(Cc1c[nH]c2ccccc12)C(=O)NC(CCC(=O)O)C(=O)NC(Cc1ccccc1)C(=O)NC(Cc1c[nH]c2ccccc12)C(=O)O. The number of aliphatic carboxylic acids is 2. The number of fused-ring (bicyclic) bond motifs is 2. The van der Waals surface area contributed by atoms with Gasteiger partial charge in [-0.25, -0.2) is 4.79 Å². The summed E-state index contributed by atoms with van der Waals surface area (Å²) in [7, 11) is 0. The highest BCUT2D eigenvalue weighted by atomic mass is 16.4. The molecular formula is C36H38N6O7. The summed E-state index contributed by atoms with van der Waals surface area (Å²) in [6.45, 7) is 0. The van der Waals surface area contributed by atoms with Crippen molar-refractivity contribution in [3.63, 3.8) is 0 Å². The first-order chi connectivity index (χ1) is 23.6. The number of carbonyl (C=O) groups is 5. The van der Waals surface area contributed by atoms with E-state index in [9.17, 15) is 34.2 Å². The van der Waals surface area contributed by atoms with Crippen LogP contribution in [-0.4, -0.2) is 74.0 Å². The molecule has 3 amide bonds. The number of aromatic nitrogens is 2. The smallest absolute Gasteiger partial charge is 0.326 e. The zero-order chi connectivity index (χ0) is 34.9. The number of carboxylic acids is 2. The van der Waals surface area contributed by atoms with Crippen LogP contribution < -0.4 is 21.7 Å². The van der Waals surface area contributed by atoms with Gasteiger partial charge in [0.1, 0.15) is 18.1 Å². The first-order valence-corrected chi connectivity index (χ1v) is 15.8. The number of nitrogens with one attached hydrogen (secondary N) is 5. The Morgan fingerprint density at radius 2 is 1.12 bits per heavy atom. The molecule has 4 unspecified atom stereocenters. The van der Waals surface area contributed by atoms with E-state index in [4.69, 9.17) is 5.73 Å². The molecule has 0 aliphatic heterocycles. The lowest BCUT2D eigenvalue weighted by Gasteiger charge is -2.25. The molecule has 2 aromatic heterocycles. The molecule has 0 saturated heterocycles. The predicted molar refractivity (Wildman–Crippen MR) is 182 cm³/mol. The molecule has 49 heavy (non-hydrogen) atoms. The second-order valence-electron chi connectivity index (χ2n) is 11.9. The normalized spacial score (nSPS) is 13.7. The van der Waals surface area contributed by atoms with Crippen LogP contribution in [0.1, 0.15) is 29.5 Å².